The molecular formula is C16H16N+. The number of benzene rings is 2. The summed E-state index contributed by atoms with van der Waals surface area (Å²) in [5.41, 5.74) is 5.50. The second-order valence-corrected chi connectivity index (χ2v) is 4.68. The molecule has 0 amide bonds. The van der Waals surface area contributed by atoms with E-state index in [0.717, 1.165) is 0 Å². The lowest BCUT2D eigenvalue weighted by Gasteiger charge is -2.12. The summed E-state index contributed by atoms with van der Waals surface area (Å²) in [5, 5.41) is 0. The van der Waals surface area contributed by atoms with Crippen molar-refractivity contribution in [1.82, 2.24) is 0 Å². The Morgan fingerprint density at radius 1 is 0.882 bits per heavy atom. The molecule has 1 heteroatoms. The number of aryl methyl sites for hydroxylation is 1. The Bertz CT molecular complexity index is 596. The van der Waals surface area contributed by atoms with Crippen LogP contribution in [-0.2, 0) is 0 Å². The molecule has 1 unspecified atom stereocenters. The van der Waals surface area contributed by atoms with Crippen molar-refractivity contribution in [2.24, 2.45) is 0 Å². The van der Waals surface area contributed by atoms with E-state index in [1.54, 1.807) is 0 Å². The zero-order valence-corrected chi connectivity index (χ0v) is 10.2. The summed E-state index contributed by atoms with van der Waals surface area (Å²) in [5.74, 6) is 0. The van der Waals surface area contributed by atoms with Crippen molar-refractivity contribution >= 4 is 6.21 Å². The molecule has 1 heterocycles. The van der Waals surface area contributed by atoms with Gasteiger partial charge in [0.05, 0.1) is 0 Å². The Balaban J connectivity index is 2.18. The van der Waals surface area contributed by atoms with Crippen LogP contribution in [0.2, 0.25) is 0 Å². The molecule has 2 aromatic rings. The molecule has 0 bridgehead atoms. The Kier molecular flexibility index (Phi) is 2.32. The van der Waals surface area contributed by atoms with Gasteiger partial charge in [0, 0.05) is 16.7 Å². The highest BCUT2D eigenvalue weighted by atomic mass is 15.0. The molecule has 1 aliphatic rings. The zero-order chi connectivity index (χ0) is 11.8. The molecule has 0 aromatic heterocycles. The first-order valence-corrected chi connectivity index (χ1v) is 5.98. The molecule has 1 aliphatic heterocycles. The number of hydrogen-bond acceptors (Lipinski definition) is 0. The van der Waals surface area contributed by atoms with E-state index in [-0.39, 0.29) is 0 Å². The maximum atomic E-state index is 2.30. The molecule has 0 spiro atoms. The fourth-order valence-electron chi connectivity index (χ4n) is 2.67. The van der Waals surface area contributed by atoms with Crippen LogP contribution >= 0.6 is 0 Å². The predicted molar refractivity (Wildman–Crippen MR) is 70.8 cm³/mol. The molecule has 0 aliphatic carbocycles. The van der Waals surface area contributed by atoms with Crippen LogP contribution in [0.15, 0.2) is 48.5 Å². The van der Waals surface area contributed by atoms with Crippen LogP contribution in [0, 0.1) is 6.92 Å². The summed E-state index contributed by atoms with van der Waals surface area (Å²) < 4.78 is 2.30. The lowest BCUT2D eigenvalue weighted by Crippen LogP contribution is -2.12. The lowest BCUT2D eigenvalue weighted by atomic mass is 9.94. The normalized spacial score (nSPS) is 17.8. The van der Waals surface area contributed by atoms with E-state index in [1.807, 2.05) is 0 Å². The van der Waals surface area contributed by atoms with Crippen LogP contribution < -0.4 is 0 Å². The molecule has 2 aromatic carbocycles. The average molecular weight is 222 g/mol. The van der Waals surface area contributed by atoms with Crippen LogP contribution in [-0.4, -0.2) is 17.8 Å². The summed E-state index contributed by atoms with van der Waals surface area (Å²) in [4.78, 5) is 0. The van der Waals surface area contributed by atoms with E-state index in [1.165, 1.54) is 22.3 Å². The third-order valence-electron chi connectivity index (χ3n) is 3.52. The van der Waals surface area contributed by atoms with Gasteiger partial charge in [-0.15, -0.1) is 0 Å². The Morgan fingerprint density at radius 2 is 1.53 bits per heavy atom. The fourth-order valence-corrected chi connectivity index (χ4v) is 2.67. The molecule has 17 heavy (non-hydrogen) atoms. The van der Waals surface area contributed by atoms with Gasteiger partial charge in [-0.2, -0.15) is 0 Å². The fraction of sp³-hybridized carbons (Fsp3) is 0.188. The third-order valence-corrected chi connectivity index (χ3v) is 3.52. The number of nitrogens with zero attached hydrogens (tertiary/aromatic N) is 1. The lowest BCUT2D eigenvalue weighted by molar-refractivity contribution is -0.524. The van der Waals surface area contributed by atoms with Crippen molar-refractivity contribution in [1.29, 1.82) is 0 Å². The SMILES string of the molecule is Cc1ccccc1C1c2ccccc2C=[N+]1C. The summed E-state index contributed by atoms with van der Waals surface area (Å²) in [6.45, 7) is 2.18. The van der Waals surface area contributed by atoms with E-state index in [0.29, 0.717) is 6.04 Å². The molecule has 1 nitrogen and oxygen atoms in total. The van der Waals surface area contributed by atoms with Crippen LogP contribution in [0.1, 0.15) is 28.3 Å². The first-order valence-electron chi connectivity index (χ1n) is 5.98. The van der Waals surface area contributed by atoms with E-state index < -0.39 is 0 Å². The summed E-state index contributed by atoms with van der Waals surface area (Å²) >= 11 is 0. The minimum Gasteiger partial charge on any atom is -0.227 e. The molecule has 84 valence electrons. The molecule has 0 saturated carbocycles. The average Bonchev–Trinajstić information content (AvgIpc) is 2.66. The van der Waals surface area contributed by atoms with E-state index in [4.69, 9.17) is 0 Å². The van der Waals surface area contributed by atoms with Gasteiger partial charge < -0.3 is 0 Å². The topological polar surface area (TPSA) is 3.01 Å². The molecule has 0 radical (unpaired) electrons. The molecule has 1 atom stereocenters. The molecule has 0 saturated heterocycles. The van der Waals surface area contributed by atoms with Crippen molar-refractivity contribution in [3.63, 3.8) is 0 Å². The zero-order valence-electron chi connectivity index (χ0n) is 10.2. The minimum absolute atomic E-state index is 0.368. The minimum atomic E-state index is 0.368. The van der Waals surface area contributed by atoms with Crippen molar-refractivity contribution in [3.8, 4) is 0 Å². The summed E-state index contributed by atoms with van der Waals surface area (Å²) in [7, 11) is 2.15. The van der Waals surface area contributed by atoms with Crippen LogP contribution in [0.3, 0.4) is 0 Å². The Hall–Kier alpha value is -1.89. The Morgan fingerprint density at radius 3 is 2.29 bits per heavy atom. The van der Waals surface area contributed by atoms with Gasteiger partial charge in [-0.25, -0.2) is 4.58 Å². The smallest absolute Gasteiger partial charge is 0.204 e. The quantitative estimate of drug-likeness (QED) is 0.652. The molecule has 3 rings (SSSR count). The van der Waals surface area contributed by atoms with Gasteiger partial charge in [0.15, 0.2) is 6.21 Å². The third kappa shape index (κ3) is 1.59. The first kappa shape index (κ1) is 10.3. The van der Waals surface area contributed by atoms with Gasteiger partial charge in [-0.1, -0.05) is 42.5 Å². The molecular weight excluding hydrogens is 206 g/mol. The van der Waals surface area contributed by atoms with Crippen LogP contribution in [0.25, 0.3) is 0 Å². The first-order chi connectivity index (χ1) is 8.27. The van der Waals surface area contributed by atoms with Crippen molar-refractivity contribution in [2.45, 2.75) is 13.0 Å². The largest absolute Gasteiger partial charge is 0.227 e. The van der Waals surface area contributed by atoms with Crippen molar-refractivity contribution < 1.29 is 4.58 Å². The maximum absolute atomic E-state index is 2.30. The predicted octanol–water partition coefficient (Wildman–Crippen LogP) is 3.16. The van der Waals surface area contributed by atoms with Gasteiger partial charge >= 0.3 is 0 Å². The van der Waals surface area contributed by atoms with Crippen molar-refractivity contribution in [2.75, 3.05) is 7.05 Å². The Labute approximate surface area is 102 Å². The standard InChI is InChI=1S/C16H16N/c1-12-7-3-5-9-14(12)16-15-10-6-4-8-13(15)11-17(16)2/h3-11,16H,1-2H3/q+1. The van der Waals surface area contributed by atoms with Crippen molar-refractivity contribution in [3.05, 3.63) is 70.8 Å². The second kappa shape index (κ2) is 3.85. The van der Waals surface area contributed by atoms with E-state index in [2.05, 4.69) is 73.3 Å². The van der Waals surface area contributed by atoms with Gasteiger partial charge in [0.25, 0.3) is 0 Å². The van der Waals surface area contributed by atoms with Gasteiger partial charge in [-0.3, -0.25) is 0 Å². The van der Waals surface area contributed by atoms with Gasteiger partial charge in [0.2, 0.25) is 6.04 Å². The van der Waals surface area contributed by atoms with E-state index >= 15 is 0 Å². The molecule has 0 fully saturated rings. The highest BCUT2D eigenvalue weighted by molar-refractivity contribution is 5.81. The molecule has 0 N–H and O–H groups in total. The monoisotopic (exact) mass is 222 g/mol. The van der Waals surface area contributed by atoms with Gasteiger partial charge in [0.1, 0.15) is 7.05 Å². The highest BCUT2D eigenvalue weighted by Gasteiger charge is 2.31. The second-order valence-electron chi connectivity index (χ2n) is 4.68. The van der Waals surface area contributed by atoms with Crippen LogP contribution in [0.4, 0.5) is 0 Å². The summed E-state index contributed by atoms with van der Waals surface area (Å²) in [6, 6.07) is 17.6. The van der Waals surface area contributed by atoms with Gasteiger partial charge in [-0.05, 0) is 18.6 Å². The van der Waals surface area contributed by atoms with Crippen LogP contribution in [0.5, 0.6) is 0 Å². The summed E-state index contributed by atoms with van der Waals surface area (Å²) in [6.07, 6.45) is 2.23. The highest BCUT2D eigenvalue weighted by Crippen LogP contribution is 2.32. The number of hydrogen-bond donors (Lipinski definition) is 0. The number of fused-ring (bicyclic) bond motifs is 1. The maximum Gasteiger partial charge on any atom is 0.204 e. The number of rotatable bonds is 1. The van der Waals surface area contributed by atoms with E-state index in [9.17, 15) is 0 Å².